The molecular weight excluding hydrogens is 518 g/mol. The molecular formula is C29H41NO8Si. The van der Waals surface area contributed by atoms with E-state index < -0.39 is 51.0 Å². The van der Waals surface area contributed by atoms with E-state index in [0.717, 1.165) is 11.1 Å². The highest BCUT2D eigenvalue weighted by Gasteiger charge is 2.52. The van der Waals surface area contributed by atoms with E-state index in [0.29, 0.717) is 6.61 Å². The monoisotopic (exact) mass is 559 g/mol. The molecule has 214 valence electrons. The number of hydrogen-bond donors (Lipinski definition) is 2. The summed E-state index contributed by atoms with van der Waals surface area (Å²) in [5, 5.41) is 13.8. The zero-order valence-electron chi connectivity index (χ0n) is 23.6. The van der Waals surface area contributed by atoms with Crippen LogP contribution in [0, 0.1) is 0 Å². The standard InChI is InChI=1S/C29H41NO8Si/c1-20(31)36-26-24(30-28(33)35-18-22-15-11-8-12-16-22)27(38-39(5,6)29(2,3)4)37-23(25(26)32)19-34-17-21-13-9-7-10-14-21/h7-16,23-27,32H,17-19H2,1-6H3,(H,30,33)/t23?,24?,25-,26?,27+/m1/s1. The van der Waals surface area contributed by atoms with Gasteiger partial charge in [-0.1, -0.05) is 81.4 Å². The average Bonchev–Trinajstić information content (AvgIpc) is 2.87. The van der Waals surface area contributed by atoms with Crippen molar-refractivity contribution in [3.8, 4) is 0 Å². The van der Waals surface area contributed by atoms with Crippen LogP contribution in [0.3, 0.4) is 0 Å². The summed E-state index contributed by atoms with van der Waals surface area (Å²) in [5.74, 6) is -0.611. The smallest absolute Gasteiger partial charge is 0.407 e. The Hall–Kier alpha value is -2.76. The quantitative estimate of drug-likeness (QED) is 0.322. The Bertz CT molecular complexity index is 1060. The van der Waals surface area contributed by atoms with Crippen LogP contribution in [0.25, 0.3) is 0 Å². The van der Waals surface area contributed by atoms with E-state index >= 15 is 0 Å². The minimum Gasteiger partial charge on any atom is -0.457 e. The third kappa shape index (κ3) is 8.87. The van der Waals surface area contributed by atoms with Gasteiger partial charge in [0, 0.05) is 6.92 Å². The van der Waals surface area contributed by atoms with Gasteiger partial charge in [-0.05, 0) is 29.3 Å². The zero-order chi connectivity index (χ0) is 28.6. The van der Waals surface area contributed by atoms with Crippen molar-refractivity contribution < 1.29 is 38.1 Å². The lowest BCUT2D eigenvalue weighted by Crippen LogP contribution is -2.67. The molecule has 2 N–H and O–H groups in total. The molecule has 2 aromatic carbocycles. The molecule has 0 bridgehead atoms. The van der Waals surface area contributed by atoms with Crippen molar-refractivity contribution in [3.63, 3.8) is 0 Å². The summed E-state index contributed by atoms with van der Waals surface area (Å²) in [4.78, 5) is 24.9. The first kappa shape index (κ1) is 30.8. The second-order valence-corrected chi connectivity index (χ2v) is 16.0. The molecule has 9 nitrogen and oxygen atoms in total. The van der Waals surface area contributed by atoms with Crippen molar-refractivity contribution in [2.24, 2.45) is 0 Å². The molecule has 0 aliphatic carbocycles. The van der Waals surface area contributed by atoms with E-state index in [-0.39, 0.29) is 18.3 Å². The predicted molar refractivity (Wildman–Crippen MR) is 148 cm³/mol. The van der Waals surface area contributed by atoms with Crippen molar-refractivity contribution in [2.75, 3.05) is 6.61 Å². The van der Waals surface area contributed by atoms with Gasteiger partial charge in [0.15, 0.2) is 20.7 Å². The van der Waals surface area contributed by atoms with Crippen LogP contribution in [-0.4, -0.2) is 62.7 Å². The largest absolute Gasteiger partial charge is 0.457 e. The molecule has 3 rings (SSSR count). The molecule has 39 heavy (non-hydrogen) atoms. The molecule has 1 fully saturated rings. The van der Waals surface area contributed by atoms with Gasteiger partial charge in [0.1, 0.15) is 24.9 Å². The van der Waals surface area contributed by atoms with E-state index in [1.165, 1.54) is 6.92 Å². The molecule has 10 heteroatoms. The van der Waals surface area contributed by atoms with E-state index in [4.69, 9.17) is 23.4 Å². The molecule has 5 atom stereocenters. The number of aliphatic hydroxyl groups is 1. The van der Waals surface area contributed by atoms with Gasteiger partial charge in [-0.15, -0.1) is 0 Å². The van der Waals surface area contributed by atoms with E-state index in [9.17, 15) is 14.7 Å². The highest BCUT2D eigenvalue weighted by molar-refractivity contribution is 6.74. The predicted octanol–water partition coefficient (Wildman–Crippen LogP) is 4.54. The van der Waals surface area contributed by atoms with Crippen LogP contribution in [0.4, 0.5) is 4.79 Å². The van der Waals surface area contributed by atoms with Crippen LogP contribution >= 0.6 is 0 Å². The number of benzene rings is 2. The maximum Gasteiger partial charge on any atom is 0.407 e. The summed E-state index contributed by atoms with van der Waals surface area (Å²) < 4.78 is 29.6. The Kier molecular flexibility index (Phi) is 10.7. The van der Waals surface area contributed by atoms with Gasteiger partial charge in [0.05, 0.1) is 13.2 Å². The average molecular weight is 560 g/mol. The highest BCUT2D eigenvalue weighted by atomic mass is 28.4. The number of carbonyl (C=O) groups excluding carboxylic acids is 2. The summed E-state index contributed by atoms with van der Waals surface area (Å²) in [7, 11) is -2.44. The molecule has 1 aliphatic rings. The van der Waals surface area contributed by atoms with Crippen LogP contribution in [0.1, 0.15) is 38.8 Å². The Morgan fingerprint density at radius 2 is 1.54 bits per heavy atom. The van der Waals surface area contributed by atoms with Gasteiger partial charge in [0.2, 0.25) is 0 Å². The van der Waals surface area contributed by atoms with Crippen LogP contribution in [0.2, 0.25) is 18.1 Å². The Labute approximate surface area is 231 Å². The van der Waals surface area contributed by atoms with Gasteiger partial charge in [-0.25, -0.2) is 4.79 Å². The van der Waals surface area contributed by atoms with Crippen LogP contribution in [-0.2, 0) is 41.4 Å². The maximum atomic E-state index is 12.9. The Morgan fingerprint density at radius 1 is 0.974 bits per heavy atom. The number of aliphatic hydroxyl groups excluding tert-OH is 1. The minimum absolute atomic E-state index is 0.0242. The third-order valence-corrected chi connectivity index (χ3v) is 11.5. The number of rotatable bonds is 10. The summed E-state index contributed by atoms with van der Waals surface area (Å²) in [6.07, 6.45) is -5.08. The molecule has 1 amide bonds. The van der Waals surface area contributed by atoms with Gasteiger partial charge in [0.25, 0.3) is 0 Å². The zero-order valence-corrected chi connectivity index (χ0v) is 24.6. The summed E-state index contributed by atoms with van der Waals surface area (Å²) in [5.41, 5.74) is 1.78. The topological polar surface area (TPSA) is 113 Å². The highest BCUT2D eigenvalue weighted by Crippen LogP contribution is 2.39. The van der Waals surface area contributed by atoms with Crippen LogP contribution < -0.4 is 5.32 Å². The summed E-state index contributed by atoms with van der Waals surface area (Å²) in [6, 6.07) is 17.8. The molecule has 0 saturated carbocycles. The molecule has 1 saturated heterocycles. The lowest BCUT2D eigenvalue weighted by Gasteiger charge is -2.48. The SMILES string of the molecule is CC(=O)OC1C(NC(=O)OCc2ccccc2)[C@H](O[Si](C)(C)C(C)(C)C)OC(COCc2ccccc2)[C@H]1O. The molecule has 0 spiro atoms. The van der Waals surface area contributed by atoms with E-state index in [1.807, 2.05) is 73.8 Å². The lowest BCUT2D eigenvalue weighted by molar-refractivity contribution is -0.255. The number of hydrogen-bond acceptors (Lipinski definition) is 8. The number of nitrogens with one attached hydrogen (secondary N) is 1. The first-order valence-corrected chi connectivity index (χ1v) is 16.1. The van der Waals surface area contributed by atoms with Crippen molar-refractivity contribution >= 4 is 20.4 Å². The van der Waals surface area contributed by atoms with Gasteiger partial charge >= 0.3 is 12.1 Å². The third-order valence-electron chi connectivity index (χ3n) is 7.08. The maximum absolute atomic E-state index is 12.9. The van der Waals surface area contributed by atoms with Gasteiger partial charge in [-0.2, -0.15) is 0 Å². The molecule has 1 aliphatic heterocycles. The number of carbonyl (C=O) groups is 2. The lowest BCUT2D eigenvalue weighted by atomic mass is 9.97. The minimum atomic E-state index is -2.44. The fraction of sp³-hybridized carbons (Fsp3) is 0.517. The molecule has 0 radical (unpaired) electrons. The van der Waals surface area contributed by atoms with Crippen molar-refractivity contribution in [3.05, 3.63) is 71.8 Å². The van der Waals surface area contributed by atoms with Crippen molar-refractivity contribution in [1.29, 1.82) is 0 Å². The fourth-order valence-corrected chi connectivity index (χ4v) is 5.01. The van der Waals surface area contributed by atoms with Gasteiger partial charge in [-0.3, -0.25) is 4.79 Å². The van der Waals surface area contributed by atoms with E-state index in [2.05, 4.69) is 26.1 Å². The van der Waals surface area contributed by atoms with E-state index in [1.54, 1.807) is 0 Å². The first-order chi connectivity index (χ1) is 18.4. The second kappa shape index (κ2) is 13.5. The second-order valence-electron chi connectivity index (χ2n) is 11.2. The molecule has 0 aromatic heterocycles. The number of alkyl carbamates (subject to hydrolysis) is 1. The van der Waals surface area contributed by atoms with Crippen molar-refractivity contribution in [1.82, 2.24) is 5.32 Å². The molecule has 1 heterocycles. The van der Waals surface area contributed by atoms with Crippen LogP contribution in [0.5, 0.6) is 0 Å². The Morgan fingerprint density at radius 3 is 2.08 bits per heavy atom. The van der Waals surface area contributed by atoms with Crippen LogP contribution in [0.15, 0.2) is 60.7 Å². The first-order valence-electron chi connectivity index (χ1n) is 13.1. The molecule has 2 aromatic rings. The molecule has 3 unspecified atom stereocenters. The summed E-state index contributed by atoms with van der Waals surface area (Å²) >= 11 is 0. The van der Waals surface area contributed by atoms with Crippen molar-refractivity contribution in [2.45, 2.75) is 89.7 Å². The van der Waals surface area contributed by atoms with Gasteiger partial charge < -0.3 is 33.8 Å². The number of ether oxygens (including phenoxy) is 4. The Balaban J connectivity index is 1.80. The normalized spacial score (nSPS) is 23.6. The fourth-order valence-electron chi connectivity index (χ4n) is 3.88. The number of amides is 1. The number of esters is 1. The summed E-state index contributed by atoms with van der Waals surface area (Å²) in [6.45, 7) is 12.0.